The second-order valence-corrected chi connectivity index (χ2v) is 7.44. The third-order valence-electron chi connectivity index (χ3n) is 4.23. The Morgan fingerprint density at radius 2 is 1.75 bits per heavy atom. The van der Waals surface area contributed by atoms with Crippen molar-refractivity contribution in [2.24, 2.45) is 4.99 Å². The molecule has 0 bridgehead atoms. The summed E-state index contributed by atoms with van der Waals surface area (Å²) in [6.45, 7) is 8.52. The number of aryl methyl sites for hydroxylation is 3. The monoisotopic (exact) mass is 428 g/mol. The van der Waals surface area contributed by atoms with Gasteiger partial charge in [-0.2, -0.15) is 0 Å². The molecule has 0 amide bonds. The molecule has 0 unspecified atom stereocenters. The molecule has 0 radical (unpaired) electrons. The first-order valence-corrected chi connectivity index (χ1v) is 9.10. The van der Waals surface area contributed by atoms with E-state index in [4.69, 9.17) is 4.99 Å². The molecular weight excluding hydrogens is 407 g/mol. The molecule has 0 saturated heterocycles. The summed E-state index contributed by atoms with van der Waals surface area (Å²) in [6.07, 6.45) is 1.98. The number of aliphatic imine (C=N–C) groups is 1. The van der Waals surface area contributed by atoms with Crippen molar-refractivity contribution in [3.05, 3.63) is 80.2 Å². The zero-order valence-electron chi connectivity index (χ0n) is 14.5. The number of hydrogen-bond acceptors (Lipinski definition) is 1. The van der Waals surface area contributed by atoms with E-state index in [0.29, 0.717) is 0 Å². The van der Waals surface area contributed by atoms with Gasteiger partial charge >= 0.3 is 0 Å². The molecule has 122 valence electrons. The summed E-state index contributed by atoms with van der Waals surface area (Å²) in [5, 5.41) is 0. The standard InChI is InChI=1S/C21H21IN2/c1-14-6-5-7-20(10-14)24-16(3)12-18(17(24)4)13-23-21-9-8-19(22)11-15(21)2/h5-13H,1-4H3. The third kappa shape index (κ3) is 3.46. The second kappa shape index (κ2) is 6.93. The van der Waals surface area contributed by atoms with Crippen molar-refractivity contribution in [3.63, 3.8) is 0 Å². The van der Waals surface area contributed by atoms with E-state index in [9.17, 15) is 0 Å². The van der Waals surface area contributed by atoms with Gasteiger partial charge < -0.3 is 4.57 Å². The molecule has 0 N–H and O–H groups in total. The Hall–Kier alpha value is -1.88. The lowest BCUT2D eigenvalue weighted by Crippen LogP contribution is -1.99. The van der Waals surface area contributed by atoms with Crippen molar-refractivity contribution in [3.8, 4) is 5.69 Å². The van der Waals surface area contributed by atoms with Crippen LogP contribution in [-0.2, 0) is 0 Å². The van der Waals surface area contributed by atoms with Crippen molar-refractivity contribution in [2.45, 2.75) is 27.7 Å². The number of aromatic nitrogens is 1. The average Bonchev–Trinajstić information content (AvgIpc) is 2.80. The zero-order chi connectivity index (χ0) is 17.3. The second-order valence-electron chi connectivity index (χ2n) is 6.19. The minimum Gasteiger partial charge on any atom is -0.318 e. The van der Waals surface area contributed by atoms with Crippen LogP contribution in [0.4, 0.5) is 5.69 Å². The summed E-state index contributed by atoms with van der Waals surface area (Å²) in [7, 11) is 0. The quantitative estimate of drug-likeness (QED) is 0.356. The molecule has 0 aliphatic heterocycles. The Kier molecular flexibility index (Phi) is 4.90. The van der Waals surface area contributed by atoms with Crippen LogP contribution in [0.3, 0.4) is 0 Å². The van der Waals surface area contributed by atoms with Crippen molar-refractivity contribution >= 4 is 34.5 Å². The van der Waals surface area contributed by atoms with E-state index in [1.54, 1.807) is 0 Å². The predicted molar refractivity (Wildman–Crippen MR) is 111 cm³/mol. The molecule has 2 nitrogen and oxygen atoms in total. The molecule has 3 aromatic rings. The summed E-state index contributed by atoms with van der Waals surface area (Å²) in [5.74, 6) is 0. The van der Waals surface area contributed by atoms with Crippen molar-refractivity contribution in [1.29, 1.82) is 0 Å². The number of rotatable bonds is 3. The Morgan fingerprint density at radius 3 is 2.46 bits per heavy atom. The smallest absolute Gasteiger partial charge is 0.0659 e. The fourth-order valence-corrected chi connectivity index (χ4v) is 3.63. The molecule has 0 aliphatic carbocycles. The van der Waals surface area contributed by atoms with Gasteiger partial charge in [-0.25, -0.2) is 0 Å². The first kappa shape index (κ1) is 17.0. The SMILES string of the molecule is Cc1cccc(-n2c(C)cc(C=Nc3ccc(I)cc3C)c2C)c1. The molecule has 0 spiro atoms. The summed E-state index contributed by atoms with van der Waals surface area (Å²) in [6, 6.07) is 17.1. The van der Waals surface area contributed by atoms with Gasteiger partial charge in [0.25, 0.3) is 0 Å². The Labute approximate surface area is 157 Å². The first-order valence-electron chi connectivity index (χ1n) is 8.02. The lowest BCUT2D eigenvalue weighted by atomic mass is 10.2. The maximum absolute atomic E-state index is 4.70. The van der Waals surface area contributed by atoms with Gasteiger partial charge in [0, 0.05) is 32.4 Å². The van der Waals surface area contributed by atoms with E-state index in [2.05, 4.69) is 103 Å². The molecule has 3 heteroatoms. The number of hydrogen-bond donors (Lipinski definition) is 0. The van der Waals surface area contributed by atoms with Gasteiger partial charge in [-0.1, -0.05) is 12.1 Å². The minimum absolute atomic E-state index is 1.02. The van der Waals surface area contributed by atoms with Gasteiger partial charge in [-0.15, -0.1) is 0 Å². The van der Waals surface area contributed by atoms with Crippen LogP contribution in [0, 0.1) is 31.3 Å². The lowest BCUT2D eigenvalue weighted by molar-refractivity contribution is 0.963. The van der Waals surface area contributed by atoms with E-state index >= 15 is 0 Å². The van der Waals surface area contributed by atoms with Gasteiger partial charge in [-0.05, 0) is 97.8 Å². The summed E-state index contributed by atoms with van der Waals surface area (Å²) < 4.78 is 3.52. The predicted octanol–water partition coefficient (Wildman–Crippen LogP) is 6.07. The molecule has 3 rings (SSSR count). The van der Waals surface area contributed by atoms with Crippen LogP contribution in [0.5, 0.6) is 0 Å². The van der Waals surface area contributed by atoms with Gasteiger partial charge in [0.1, 0.15) is 0 Å². The highest BCUT2D eigenvalue weighted by molar-refractivity contribution is 14.1. The number of benzene rings is 2. The van der Waals surface area contributed by atoms with Crippen molar-refractivity contribution in [2.75, 3.05) is 0 Å². The van der Waals surface area contributed by atoms with Gasteiger partial charge in [0.2, 0.25) is 0 Å². The summed E-state index contributed by atoms with van der Waals surface area (Å²) >= 11 is 2.33. The van der Waals surface area contributed by atoms with Crippen LogP contribution in [0.25, 0.3) is 5.69 Å². The molecule has 1 aromatic heterocycles. The van der Waals surface area contributed by atoms with Crippen LogP contribution < -0.4 is 0 Å². The summed E-state index contributed by atoms with van der Waals surface area (Å²) in [5.41, 5.74) is 8.29. The van der Waals surface area contributed by atoms with E-state index < -0.39 is 0 Å². The Bertz CT molecular complexity index is 920. The topological polar surface area (TPSA) is 17.3 Å². The fourth-order valence-electron chi connectivity index (χ4n) is 2.99. The largest absolute Gasteiger partial charge is 0.318 e. The first-order chi connectivity index (χ1) is 11.5. The van der Waals surface area contributed by atoms with Gasteiger partial charge in [0.15, 0.2) is 0 Å². The minimum atomic E-state index is 1.02. The maximum Gasteiger partial charge on any atom is 0.0659 e. The molecule has 2 aromatic carbocycles. The Morgan fingerprint density at radius 1 is 0.958 bits per heavy atom. The van der Waals surface area contributed by atoms with E-state index in [0.717, 1.165) is 11.3 Å². The molecule has 0 fully saturated rings. The highest BCUT2D eigenvalue weighted by atomic mass is 127. The van der Waals surface area contributed by atoms with E-state index in [-0.39, 0.29) is 0 Å². The normalized spacial score (nSPS) is 11.4. The number of halogens is 1. The van der Waals surface area contributed by atoms with Crippen LogP contribution in [0.1, 0.15) is 28.1 Å². The molecule has 24 heavy (non-hydrogen) atoms. The van der Waals surface area contributed by atoms with Gasteiger partial charge in [0.05, 0.1) is 5.69 Å². The maximum atomic E-state index is 4.70. The summed E-state index contributed by atoms with van der Waals surface area (Å²) in [4.78, 5) is 4.70. The third-order valence-corrected chi connectivity index (χ3v) is 4.90. The van der Waals surface area contributed by atoms with Crippen LogP contribution >= 0.6 is 22.6 Å². The highest BCUT2D eigenvalue weighted by Crippen LogP contribution is 2.23. The van der Waals surface area contributed by atoms with Gasteiger partial charge in [-0.3, -0.25) is 4.99 Å². The van der Waals surface area contributed by atoms with Crippen LogP contribution in [0.2, 0.25) is 0 Å². The molecule has 0 atom stereocenters. The lowest BCUT2D eigenvalue weighted by Gasteiger charge is -2.10. The van der Waals surface area contributed by atoms with Crippen LogP contribution in [0.15, 0.2) is 53.5 Å². The fraction of sp³-hybridized carbons (Fsp3) is 0.190. The van der Waals surface area contributed by atoms with Crippen molar-refractivity contribution < 1.29 is 0 Å². The Balaban J connectivity index is 1.98. The highest BCUT2D eigenvalue weighted by Gasteiger charge is 2.09. The molecular formula is C21H21IN2. The van der Waals surface area contributed by atoms with Crippen LogP contribution in [-0.4, -0.2) is 10.8 Å². The van der Waals surface area contributed by atoms with Crippen molar-refractivity contribution in [1.82, 2.24) is 4.57 Å². The zero-order valence-corrected chi connectivity index (χ0v) is 16.6. The van der Waals surface area contributed by atoms with E-state index in [1.807, 2.05) is 6.21 Å². The molecule has 1 heterocycles. The van der Waals surface area contributed by atoms with E-state index in [1.165, 1.54) is 31.8 Å². The average molecular weight is 428 g/mol. The molecule has 0 aliphatic rings. The molecule has 0 saturated carbocycles. The number of nitrogens with zero attached hydrogens (tertiary/aromatic N) is 2.